The van der Waals surface area contributed by atoms with Crippen LogP contribution in [0.5, 0.6) is 5.75 Å². The van der Waals surface area contributed by atoms with E-state index in [1.807, 2.05) is 6.92 Å². The number of carbonyl (C=O) groups is 2. The summed E-state index contributed by atoms with van der Waals surface area (Å²) >= 11 is 0. The Morgan fingerprint density at radius 3 is 2.56 bits per heavy atom. The van der Waals surface area contributed by atoms with Gasteiger partial charge in [0.2, 0.25) is 0 Å². The van der Waals surface area contributed by atoms with Gasteiger partial charge in [-0.25, -0.2) is 0 Å². The highest BCUT2D eigenvalue weighted by Gasteiger charge is 2.11. The van der Waals surface area contributed by atoms with Crippen molar-refractivity contribution in [2.75, 3.05) is 19.8 Å². The first-order chi connectivity index (χ1) is 12.1. The molecule has 0 saturated carbocycles. The molecule has 0 atom stereocenters. The number of furan rings is 1. The van der Waals surface area contributed by atoms with Crippen LogP contribution in [0.15, 0.2) is 40.8 Å². The number of hydrogen-bond donors (Lipinski definition) is 1. The number of benzene rings is 1. The van der Waals surface area contributed by atoms with Crippen molar-refractivity contribution in [3.63, 3.8) is 0 Å². The molecular formula is C19H23NO5. The lowest BCUT2D eigenvalue weighted by atomic mass is 10.1. The van der Waals surface area contributed by atoms with Gasteiger partial charge in [0, 0.05) is 25.3 Å². The molecule has 0 bridgehead atoms. The van der Waals surface area contributed by atoms with Gasteiger partial charge in [-0.05, 0) is 56.7 Å². The van der Waals surface area contributed by atoms with E-state index in [-0.39, 0.29) is 24.1 Å². The van der Waals surface area contributed by atoms with Gasteiger partial charge < -0.3 is 19.2 Å². The summed E-state index contributed by atoms with van der Waals surface area (Å²) in [5.74, 6) is 1.18. The molecule has 6 heteroatoms. The molecule has 0 aliphatic carbocycles. The number of nitrogens with one attached hydrogen (secondary N) is 1. The summed E-state index contributed by atoms with van der Waals surface area (Å²) in [4.78, 5) is 23.2. The van der Waals surface area contributed by atoms with Gasteiger partial charge in [-0.15, -0.1) is 0 Å². The van der Waals surface area contributed by atoms with E-state index in [0.29, 0.717) is 36.8 Å². The van der Waals surface area contributed by atoms with E-state index in [2.05, 4.69) is 5.32 Å². The van der Waals surface area contributed by atoms with Gasteiger partial charge in [0.1, 0.15) is 18.1 Å². The maximum atomic E-state index is 11.9. The van der Waals surface area contributed by atoms with Crippen LogP contribution in [-0.4, -0.2) is 31.4 Å². The molecule has 0 saturated heterocycles. The molecule has 1 aromatic heterocycles. The molecule has 0 aliphatic rings. The number of hydrogen-bond acceptors (Lipinski definition) is 5. The Balaban J connectivity index is 1.78. The quantitative estimate of drug-likeness (QED) is 0.528. The van der Waals surface area contributed by atoms with Crippen molar-refractivity contribution in [3.05, 3.63) is 53.5 Å². The molecule has 0 radical (unpaired) electrons. The highest BCUT2D eigenvalue weighted by Crippen LogP contribution is 2.16. The second-order valence-electron chi connectivity index (χ2n) is 5.44. The number of ketones is 1. The van der Waals surface area contributed by atoms with Crippen molar-refractivity contribution in [2.24, 2.45) is 0 Å². The van der Waals surface area contributed by atoms with Gasteiger partial charge in [-0.2, -0.15) is 0 Å². The van der Waals surface area contributed by atoms with Crippen LogP contribution in [0.4, 0.5) is 0 Å². The summed E-state index contributed by atoms with van der Waals surface area (Å²) in [6.45, 7) is 5.49. The normalized spacial score (nSPS) is 10.5. The molecule has 2 aromatic rings. The van der Waals surface area contributed by atoms with Crippen LogP contribution in [0.2, 0.25) is 0 Å². The van der Waals surface area contributed by atoms with Gasteiger partial charge in [0.05, 0.1) is 0 Å². The Labute approximate surface area is 147 Å². The van der Waals surface area contributed by atoms with Crippen LogP contribution in [0.25, 0.3) is 0 Å². The van der Waals surface area contributed by atoms with E-state index >= 15 is 0 Å². The molecule has 0 fully saturated rings. The maximum Gasteiger partial charge on any atom is 0.286 e. The minimum atomic E-state index is -0.256. The SMILES string of the molecule is CCOCCCNC(=O)c1ccc(COc2ccc(C(C)=O)cc2)o1. The van der Waals surface area contributed by atoms with E-state index in [1.165, 1.54) is 6.92 Å². The molecule has 6 nitrogen and oxygen atoms in total. The fraction of sp³-hybridized carbons (Fsp3) is 0.368. The standard InChI is InChI=1S/C19H23NO5/c1-3-23-12-4-11-20-19(22)18-10-9-17(25-18)13-24-16-7-5-15(6-8-16)14(2)21/h5-10H,3-4,11-13H2,1-2H3,(H,20,22). The zero-order chi connectivity index (χ0) is 18.1. The Hall–Kier alpha value is -2.60. The average molecular weight is 345 g/mol. The summed E-state index contributed by atoms with van der Waals surface area (Å²) in [6.07, 6.45) is 0.756. The highest BCUT2D eigenvalue weighted by molar-refractivity contribution is 5.94. The van der Waals surface area contributed by atoms with Crippen LogP contribution in [0.3, 0.4) is 0 Å². The highest BCUT2D eigenvalue weighted by atomic mass is 16.5. The van der Waals surface area contributed by atoms with Crippen LogP contribution in [0.1, 0.15) is 46.9 Å². The first-order valence-corrected chi connectivity index (χ1v) is 8.28. The fourth-order valence-electron chi connectivity index (χ4n) is 2.13. The Bertz CT molecular complexity index is 690. The van der Waals surface area contributed by atoms with Crippen molar-refractivity contribution in [3.8, 4) is 5.75 Å². The fourth-order valence-corrected chi connectivity index (χ4v) is 2.13. The molecule has 0 aliphatic heterocycles. The zero-order valence-electron chi connectivity index (χ0n) is 14.5. The van der Waals surface area contributed by atoms with E-state index in [0.717, 1.165) is 6.42 Å². The van der Waals surface area contributed by atoms with Crippen molar-refractivity contribution < 1.29 is 23.5 Å². The monoisotopic (exact) mass is 345 g/mol. The average Bonchev–Trinajstić information content (AvgIpc) is 3.09. The Kier molecular flexibility index (Phi) is 7.22. The van der Waals surface area contributed by atoms with Gasteiger partial charge in [0.15, 0.2) is 11.5 Å². The van der Waals surface area contributed by atoms with Crippen LogP contribution < -0.4 is 10.1 Å². The predicted molar refractivity (Wildman–Crippen MR) is 92.9 cm³/mol. The third kappa shape index (κ3) is 6.08. The summed E-state index contributed by atoms with van der Waals surface area (Å²) in [7, 11) is 0. The maximum absolute atomic E-state index is 11.9. The molecule has 1 amide bonds. The van der Waals surface area contributed by atoms with Crippen molar-refractivity contribution in [2.45, 2.75) is 26.9 Å². The minimum Gasteiger partial charge on any atom is -0.486 e. The zero-order valence-corrected chi connectivity index (χ0v) is 14.5. The van der Waals surface area contributed by atoms with Crippen molar-refractivity contribution in [1.29, 1.82) is 0 Å². The minimum absolute atomic E-state index is 0.00879. The van der Waals surface area contributed by atoms with Gasteiger partial charge in [-0.1, -0.05) is 0 Å². The Morgan fingerprint density at radius 1 is 1.12 bits per heavy atom. The summed E-state index contributed by atoms with van der Waals surface area (Å²) in [5.41, 5.74) is 0.633. The molecular weight excluding hydrogens is 322 g/mol. The number of Topliss-reactive ketones (excluding diaryl/α,β-unsaturated/α-hetero) is 1. The topological polar surface area (TPSA) is 77.8 Å². The molecule has 1 aromatic carbocycles. The smallest absolute Gasteiger partial charge is 0.286 e. The lowest BCUT2D eigenvalue weighted by Crippen LogP contribution is -2.24. The van der Waals surface area contributed by atoms with E-state index in [4.69, 9.17) is 13.9 Å². The first-order valence-electron chi connectivity index (χ1n) is 8.28. The van der Waals surface area contributed by atoms with Gasteiger partial charge in [0.25, 0.3) is 5.91 Å². The van der Waals surface area contributed by atoms with Crippen LogP contribution in [-0.2, 0) is 11.3 Å². The molecule has 25 heavy (non-hydrogen) atoms. The molecule has 0 spiro atoms. The molecule has 1 N–H and O–H groups in total. The van der Waals surface area contributed by atoms with Crippen molar-refractivity contribution in [1.82, 2.24) is 5.32 Å². The molecule has 1 heterocycles. The molecule has 0 unspecified atom stereocenters. The largest absolute Gasteiger partial charge is 0.486 e. The second kappa shape index (κ2) is 9.64. The Morgan fingerprint density at radius 2 is 1.88 bits per heavy atom. The number of rotatable bonds is 10. The van der Waals surface area contributed by atoms with E-state index in [9.17, 15) is 9.59 Å². The predicted octanol–water partition coefficient (Wildman–Crippen LogP) is 3.22. The van der Waals surface area contributed by atoms with E-state index < -0.39 is 0 Å². The van der Waals surface area contributed by atoms with E-state index in [1.54, 1.807) is 36.4 Å². The first kappa shape index (κ1) is 18.7. The third-order valence-corrected chi connectivity index (χ3v) is 3.48. The summed E-state index contributed by atoms with van der Waals surface area (Å²) in [5, 5.41) is 2.78. The summed E-state index contributed by atoms with van der Waals surface area (Å²) in [6, 6.07) is 10.2. The van der Waals surface area contributed by atoms with Crippen LogP contribution >= 0.6 is 0 Å². The number of amides is 1. The van der Waals surface area contributed by atoms with Crippen LogP contribution in [0, 0.1) is 0 Å². The third-order valence-electron chi connectivity index (χ3n) is 3.48. The van der Waals surface area contributed by atoms with Crippen molar-refractivity contribution >= 4 is 11.7 Å². The van der Waals surface area contributed by atoms with Gasteiger partial charge >= 0.3 is 0 Å². The molecule has 134 valence electrons. The summed E-state index contributed by atoms with van der Waals surface area (Å²) < 4.78 is 16.3. The number of ether oxygens (including phenoxy) is 2. The van der Waals surface area contributed by atoms with Gasteiger partial charge in [-0.3, -0.25) is 9.59 Å². The number of carbonyl (C=O) groups excluding carboxylic acids is 2. The second-order valence-corrected chi connectivity index (χ2v) is 5.44. The molecule has 2 rings (SSSR count). The lowest BCUT2D eigenvalue weighted by Gasteiger charge is -2.05. The lowest BCUT2D eigenvalue weighted by molar-refractivity contribution is 0.0912.